The van der Waals surface area contributed by atoms with Crippen molar-refractivity contribution in [2.45, 2.75) is 25.0 Å². The van der Waals surface area contributed by atoms with Gasteiger partial charge in [-0.2, -0.15) is 0 Å². The molecule has 7 nitrogen and oxygen atoms in total. The number of nitrogens with one attached hydrogen (secondary N) is 1. The Bertz CT molecular complexity index is 587. The standard InChI is InChI=1S/C18H26N4O3/c19-12-15-6-7-16(25-15)18(24)20-13-17(23)22-10-8-21(9-11-22)14-4-2-1-3-5-14/h1-5,15-16H,6-13,19H2,(H,20,24)/t15-,16+/m1/s1. The molecule has 2 aliphatic heterocycles. The molecule has 2 heterocycles. The number of para-hydroxylation sites is 1. The van der Waals surface area contributed by atoms with Crippen molar-refractivity contribution in [2.24, 2.45) is 5.73 Å². The SMILES string of the molecule is NC[C@H]1CC[C@@H](C(=O)NCC(=O)N2CCN(c3ccccc3)CC2)O1. The second-order valence-electron chi connectivity index (χ2n) is 6.48. The second-order valence-corrected chi connectivity index (χ2v) is 6.48. The summed E-state index contributed by atoms with van der Waals surface area (Å²) in [6.45, 7) is 3.38. The molecule has 0 unspecified atom stereocenters. The molecule has 1 aromatic carbocycles. The molecule has 25 heavy (non-hydrogen) atoms. The minimum Gasteiger partial charge on any atom is -0.368 e. The quantitative estimate of drug-likeness (QED) is 0.781. The summed E-state index contributed by atoms with van der Waals surface area (Å²) in [5, 5.41) is 2.70. The van der Waals surface area contributed by atoms with Crippen LogP contribution in [0.4, 0.5) is 5.69 Å². The van der Waals surface area contributed by atoms with E-state index in [-0.39, 0.29) is 24.5 Å². The number of carbonyl (C=O) groups is 2. The third kappa shape index (κ3) is 4.49. The van der Waals surface area contributed by atoms with E-state index in [1.54, 1.807) is 4.90 Å². The second kappa shape index (κ2) is 8.31. The first-order chi connectivity index (χ1) is 12.2. The number of rotatable bonds is 5. The average Bonchev–Trinajstić information content (AvgIpc) is 3.16. The molecule has 3 N–H and O–H groups in total. The summed E-state index contributed by atoms with van der Waals surface area (Å²) in [4.78, 5) is 28.5. The maximum Gasteiger partial charge on any atom is 0.249 e. The fourth-order valence-electron chi connectivity index (χ4n) is 3.31. The first kappa shape index (κ1) is 17.7. The molecule has 2 aliphatic rings. The Morgan fingerprint density at radius 2 is 1.84 bits per heavy atom. The van der Waals surface area contributed by atoms with Crippen molar-refractivity contribution in [2.75, 3.05) is 44.2 Å². The first-order valence-electron chi connectivity index (χ1n) is 8.88. The smallest absolute Gasteiger partial charge is 0.249 e. The van der Waals surface area contributed by atoms with E-state index in [4.69, 9.17) is 10.5 Å². The molecule has 0 spiro atoms. The Morgan fingerprint density at radius 1 is 1.12 bits per heavy atom. The lowest BCUT2D eigenvalue weighted by atomic mass is 10.2. The summed E-state index contributed by atoms with van der Waals surface area (Å²) >= 11 is 0. The third-order valence-electron chi connectivity index (χ3n) is 4.83. The van der Waals surface area contributed by atoms with Gasteiger partial charge in [0.2, 0.25) is 11.8 Å². The van der Waals surface area contributed by atoms with Crippen molar-refractivity contribution in [3.8, 4) is 0 Å². The van der Waals surface area contributed by atoms with Gasteiger partial charge in [-0.05, 0) is 25.0 Å². The zero-order valence-corrected chi connectivity index (χ0v) is 14.4. The summed E-state index contributed by atoms with van der Waals surface area (Å²) in [6, 6.07) is 10.2. The van der Waals surface area contributed by atoms with Gasteiger partial charge < -0.3 is 25.6 Å². The van der Waals surface area contributed by atoms with Crippen LogP contribution >= 0.6 is 0 Å². The van der Waals surface area contributed by atoms with E-state index in [0.29, 0.717) is 26.1 Å². The van der Waals surface area contributed by atoms with Crippen LogP contribution in [0.5, 0.6) is 0 Å². The van der Waals surface area contributed by atoms with Crippen LogP contribution in [0.15, 0.2) is 30.3 Å². The van der Waals surface area contributed by atoms with Crippen molar-refractivity contribution < 1.29 is 14.3 Å². The van der Waals surface area contributed by atoms with Crippen LogP contribution in [0, 0.1) is 0 Å². The summed E-state index contributed by atoms with van der Waals surface area (Å²) in [6.07, 6.45) is 0.940. The van der Waals surface area contributed by atoms with E-state index in [9.17, 15) is 9.59 Å². The molecule has 0 bridgehead atoms. The molecule has 1 aromatic rings. The highest BCUT2D eigenvalue weighted by Gasteiger charge is 2.30. The lowest BCUT2D eigenvalue weighted by Crippen LogP contribution is -2.51. The van der Waals surface area contributed by atoms with Crippen molar-refractivity contribution in [1.29, 1.82) is 0 Å². The molecule has 0 radical (unpaired) electrons. The van der Waals surface area contributed by atoms with Gasteiger partial charge in [0.05, 0.1) is 12.6 Å². The zero-order valence-electron chi connectivity index (χ0n) is 14.4. The van der Waals surface area contributed by atoms with Gasteiger partial charge in [0.25, 0.3) is 0 Å². The number of hydrogen-bond acceptors (Lipinski definition) is 5. The first-order valence-corrected chi connectivity index (χ1v) is 8.88. The number of amides is 2. The average molecular weight is 346 g/mol. The molecule has 2 saturated heterocycles. The number of ether oxygens (including phenoxy) is 1. The van der Waals surface area contributed by atoms with Gasteiger partial charge in [-0.3, -0.25) is 9.59 Å². The van der Waals surface area contributed by atoms with Gasteiger partial charge in [0.1, 0.15) is 6.10 Å². The number of anilines is 1. The summed E-state index contributed by atoms with van der Waals surface area (Å²) in [5.41, 5.74) is 6.72. The molecular formula is C18H26N4O3. The van der Waals surface area contributed by atoms with E-state index >= 15 is 0 Å². The highest BCUT2D eigenvalue weighted by atomic mass is 16.5. The monoisotopic (exact) mass is 346 g/mol. The van der Waals surface area contributed by atoms with E-state index in [2.05, 4.69) is 22.3 Å². The predicted octanol–water partition coefficient (Wildman–Crippen LogP) is -0.0423. The van der Waals surface area contributed by atoms with Crippen LogP contribution in [-0.4, -0.2) is 68.2 Å². The van der Waals surface area contributed by atoms with Crippen LogP contribution in [0.1, 0.15) is 12.8 Å². The van der Waals surface area contributed by atoms with Gasteiger partial charge in [-0.25, -0.2) is 0 Å². The van der Waals surface area contributed by atoms with Gasteiger partial charge in [-0.15, -0.1) is 0 Å². The highest BCUT2D eigenvalue weighted by molar-refractivity contribution is 5.87. The minimum atomic E-state index is -0.476. The zero-order chi connectivity index (χ0) is 17.6. The number of benzene rings is 1. The number of carbonyl (C=O) groups excluding carboxylic acids is 2. The normalized spacial score (nSPS) is 23.6. The molecule has 2 amide bonds. The molecule has 2 atom stereocenters. The Kier molecular flexibility index (Phi) is 5.88. The molecule has 0 aromatic heterocycles. The fourth-order valence-corrected chi connectivity index (χ4v) is 3.31. The van der Waals surface area contributed by atoms with Crippen LogP contribution in [0.3, 0.4) is 0 Å². The van der Waals surface area contributed by atoms with Crippen molar-refractivity contribution >= 4 is 17.5 Å². The molecule has 2 fully saturated rings. The number of nitrogens with zero attached hydrogens (tertiary/aromatic N) is 2. The van der Waals surface area contributed by atoms with Crippen LogP contribution in [0.25, 0.3) is 0 Å². The van der Waals surface area contributed by atoms with Gasteiger partial charge in [-0.1, -0.05) is 18.2 Å². The molecular weight excluding hydrogens is 320 g/mol. The third-order valence-corrected chi connectivity index (χ3v) is 4.83. The summed E-state index contributed by atoms with van der Waals surface area (Å²) < 4.78 is 5.54. The van der Waals surface area contributed by atoms with E-state index in [0.717, 1.165) is 19.5 Å². The molecule has 136 valence electrons. The molecule has 3 rings (SSSR count). The highest BCUT2D eigenvalue weighted by Crippen LogP contribution is 2.19. The van der Waals surface area contributed by atoms with Crippen LogP contribution in [-0.2, 0) is 14.3 Å². The van der Waals surface area contributed by atoms with Crippen molar-refractivity contribution in [3.05, 3.63) is 30.3 Å². The lowest BCUT2D eigenvalue weighted by Gasteiger charge is -2.36. The summed E-state index contributed by atoms with van der Waals surface area (Å²) in [7, 11) is 0. The molecule has 7 heteroatoms. The number of hydrogen-bond donors (Lipinski definition) is 2. The Balaban J connectivity index is 1.40. The molecule has 0 aliphatic carbocycles. The van der Waals surface area contributed by atoms with E-state index < -0.39 is 6.10 Å². The maximum absolute atomic E-state index is 12.3. The van der Waals surface area contributed by atoms with Gasteiger partial charge in [0.15, 0.2) is 0 Å². The van der Waals surface area contributed by atoms with Crippen LogP contribution in [0.2, 0.25) is 0 Å². The Hall–Kier alpha value is -2.12. The number of piperazine rings is 1. The maximum atomic E-state index is 12.3. The lowest BCUT2D eigenvalue weighted by molar-refractivity contribution is -0.137. The largest absolute Gasteiger partial charge is 0.368 e. The Labute approximate surface area is 148 Å². The fraction of sp³-hybridized carbons (Fsp3) is 0.556. The minimum absolute atomic E-state index is 0.0251. The van der Waals surface area contributed by atoms with Crippen molar-refractivity contribution in [3.63, 3.8) is 0 Å². The van der Waals surface area contributed by atoms with Crippen LogP contribution < -0.4 is 16.0 Å². The van der Waals surface area contributed by atoms with Crippen molar-refractivity contribution in [1.82, 2.24) is 10.2 Å². The predicted molar refractivity (Wildman–Crippen MR) is 95.2 cm³/mol. The van der Waals surface area contributed by atoms with E-state index in [1.807, 2.05) is 18.2 Å². The summed E-state index contributed by atoms with van der Waals surface area (Å²) in [5.74, 6) is -0.262. The van der Waals surface area contributed by atoms with Gasteiger partial charge in [0, 0.05) is 38.4 Å². The van der Waals surface area contributed by atoms with E-state index in [1.165, 1.54) is 5.69 Å². The van der Waals surface area contributed by atoms with Gasteiger partial charge >= 0.3 is 0 Å². The topological polar surface area (TPSA) is 87.9 Å². The number of nitrogens with two attached hydrogens (primary N) is 1. The Morgan fingerprint density at radius 3 is 2.48 bits per heavy atom. The molecule has 0 saturated carbocycles.